The number of hydrogen-bond acceptors (Lipinski definition) is 6. The average molecular weight is 498 g/mol. The number of thiazole rings is 1. The lowest BCUT2D eigenvalue weighted by Crippen LogP contribution is -2.22. The van der Waals surface area contributed by atoms with Gasteiger partial charge in [-0.1, -0.05) is 39.3 Å². The highest BCUT2D eigenvalue weighted by molar-refractivity contribution is 9.10. The Morgan fingerprint density at radius 3 is 2.71 bits per heavy atom. The summed E-state index contributed by atoms with van der Waals surface area (Å²) in [6.07, 6.45) is 0. The second-order valence-electron chi connectivity index (χ2n) is 6.88. The minimum Gasteiger partial charge on any atom is -0.497 e. The van der Waals surface area contributed by atoms with Crippen LogP contribution in [0.5, 0.6) is 5.75 Å². The van der Waals surface area contributed by atoms with Crippen molar-refractivity contribution in [3.63, 3.8) is 0 Å². The number of nitrogens with zero attached hydrogens (tertiary/aromatic N) is 4. The van der Waals surface area contributed by atoms with Crippen LogP contribution in [0.1, 0.15) is 26.6 Å². The average Bonchev–Trinajstić information content (AvgIpc) is 3.35. The Morgan fingerprint density at radius 2 is 1.97 bits per heavy atom. The van der Waals surface area contributed by atoms with Crippen LogP contribution in [0.2, 0.25) is 0 Å². The first-order valence-electron chi connectivity index (χ1n) is 9.53. The highest BCUT2D eigenvalue weighted by Gasteiger charge is 2.20. The van der Waals surface area contributed by atoms with Gasteiger partial charge < -0.3 is 10.1 Å². The predicted octanol–water partition coefficient (Wildman–Crippen LogP) is 4.71. The zero-order valence-electron chi connectivity index (χ0n) is 17.2. The number of aromatic nitrogens is 4. The number of benzene rings is 2. The van der Waals surface area contributed by atoms with Crippen LogP contribution in [0, 0.1) is 13.8 Å². The molecule has 0 unspecified atom stereocenters. The third-order valence-corrected chi connectivity index (χ3v) is 6.46. The lowest BCUT2D eigenvalue weighted by atomic mass is 10.2. The molecule has 2 heterocycles. The largest absolute Gasteiger partial charge is 0.497 e. The molecule has 0 saturated heterocycles. The third-order valence-electron chi connectivity index (χ3n) is 4.76. The van der Waals surface area contributed by atoms with Crippen LogP contribution in [-0.4, -0.2) is 33.0 Å². The van der Waals surface area contributed by atoms with Crippen molar-refractivity contribution in [1.29, 1.82) is 0 Å². The van der Waals surface area contributed by atoms with Gasteiger partial charge in [-0.2, -0.15) is 0 Å². The quantitative estimate of drug-likeness (QED) is 0.417. The molecule has 0 aliphatic rings. The standard InChI is InChI=1S/C22H20BrN5O2S/c1-13-20(21(29)24-12-15-7-9-16(23)10-8-15)31-22(25-13)19-14(2)28(27-26-19)17-5-4-6-18(11-17)30-3/h4-11H,12H2,1-3H3,(H,24,29). The van der Waals surface area contributed by atoms with Crippen molar-refractivity contribution in [1.82, 2.24) is 25.3 Å². The second-order valence-corrected chi connectivity index (χ2v) is 8.79. The van der Waals surface area contributed by atoms with Gasteiger partial charge in [-0.25, -0.2) is 9.67 Å². The summed E-state index contributed by atoms with van der Waals surface area (Å²) in [6.45, 7) is 4.21. The Balaban J connectivity index is 1.55. The molecule has 31 heavy (non-hydrogen) atoms. The molecule has 7 nitrogen and oxygen atoms in total. The highest BCUT2D eigenvalue weighted by Crippen LogP contribution is 2.30. The van der Waals surface area contributed by atoms with Gasteiger partial charge in [0.25, 0.3) is 5.91 Å². The number of methoxy groups -OCH3 is 1. The monoisotopic (exact) mass is 497 g/mol. The number of halogens is 1. The van der Waals surface area contributed by atoms with Gasteiger partial charge in [-0.3, -0.25) is 4.79 Å². The molecular formula is C22H20BrN5O2S. The van der Waals surface area contributed by atoms with Gasteiger partial charge in [0.05, 0.1) is 24.2 Å². The molecule has 1 N–H and O–H groups in total. The van der Waals surface area contributed by atoms with E-state index in [-0.39, 0.29) is 5.91 Å². The molecule has 0 bridgehead atoms. The van der Waals surface area contributed by atoms with E-state index in [0.717, 1.165) is 27.2 Å². The summed E-state index contributed by atoms with van der Waals surface area (Å²) in [5, 5.41) is 12.2. The zero-order valence-corrected chi connectivity index (χ0v) is 19.6. The smallest absolute Gasteiger partial charge is 0.263 e. The predicted molar refractivity (Wildman–Crippen MR) is 124 cm³/mol. The fourth-order valence-corrected chi connectivity index (χ4v) is 4.37. The maximum Gasteiger partial charge on any atom is 0.263 e. The third kappa shape index (κ3) is 4.52. The fraction of sp³-hybridized carbons (Fsp3) is 0.182. The molecule has 0 aliphatic heterocycles. The van der Waals surface area contributed by atoms with Crippen LogP contribution in [0.25, 0.3) is 16.4 Å². The molecular weight excluding hydrogens is 478 g/mol. The van der Waals surface area contributed by atoms with Crippen molar-refractivity contribution < 1.29 is 9.53 Å². The van der Waals surface area contributed by atoms with Crippen molar-refractivity contribution in [3.8, 4) is 22.1 Å². The molecule has 9 heteroatoms. The number of hydrogen-bond donors (Lipinski definition) is 1. The van der Waals surface area contributed by atoms with Crippen LogP contribution in [-0.2, 0) is 6.54 Å². The number of nitrogens with one attached hydrogen (secondary N) is 1. The van der Waals surface area contributed by atoms with E-state index in [9.17, 15) is 4.79 Å². The van der Waals surface area contributed by atoms with Crippen LogP contribution in [0.15, 0.2) is 53.0 Å². The maximum absolute atomic E-state index is 12.7. The van der Waals surface area contributed by atoms with Gasteiger partial charge in [-0.05, 0) is 43.7 Å². The Labute approximate surface area is 192 Å². The minimum atomic E-state index is -0.151. The number of amides is 1. The maximum atomic E-state index is 12.7. The Kier molecular flexibility index (Phi) is 6.15. The summed E-state index contributed by atoms with van der Waals surface area (Å²) in [5.41, 5.74) is 4.03. The van der Waals surface area contributed by atoms with Crippen molar-refractivity contribution in [2.75, 3.05) is 7.11 Å². The number of carbonyl (C=O) groups excluding carboxylic acids is 1. The Bertz CT molecular complexity index is 1230. The van der Waals surface area contributed by atoms with E-state index in [1.807, 2.05) is 62.4 Å². The minimum absolute atomic E-state index is 0.151. The van der Waals surface area contributed by atoms with Gasteiger partial charge in [0.2, 0.25) is 0 Å². The lowest BCUT2D eigenvalue weighted by Gasteiger charge is -2.05. The summed E-state index contributed by atoms with van der Waals surface area (Å²) in [7, 11) is 1.63. The number of aryl methyl sites for hydroxylation is 1. The first kappa shape index (κ1) is 21.2. The Hall–Kier alpha value is -3.04. The fourth-order valence-electron chi connectivity index (χ4n) is 3.09. The number of carbonyl (C=O) groups is 1. The number of rotatable bonds is 6. The van der Waals surface area contributed by atoms with Gasteiger partial charge in [-0.15, -0.1) is 16.4 Å². The molecule has 2 aromatic carbocycles. The van der Waals surface area contributed by atoms with Crippen molar-refractivity contribution in [2.45, 2.75) is 20.4 Å². The van der Waals surface area contributed by atoms with Gasteiger partial charge in [0, 0.05) is 17.1 Å². The summed E-state index contributed by atoms with van der Waals surface area (Å²) < 4.78 is 8.04. The van der Waals surface area contributed by atoms with E-state index < -0.39 is 0 Å². The molecule has 0 fully saturated rings. The molecule has 0 saturated carbocycles. The molecule has 0 atom stereocenters. The van der Waals surface area contributed by atoms with Gasteiger partial charge in [0.1, 0.15) is 21.3 Å². The normalized spacial score (nSPS) is 10.8. The van der Waals surface area contributed by atoms with Crippen molar-refractivity contribution in [3.05, 3.63) is 74.8 Å². The van der Waals surface area contributed by atoms with E-state index >= 15 is 0 Å². The van der Waals surface area contributed by atoms with Crippen LogP contribution >= 0.6 is 27.3 Å². The molecule has 158 valence electrons. The van der Waals surface area contributed by atoms with Crippen LogP contribution in [0.4, 0.5) is 0 Å². The molecule has 0 spiro atoms. The summed E-state index contributed by atoms with van der Waals surface area (Å²) >= 11 is 4.73. The van der Waals surface area contributed by atoms with E-state index in [4.69, 9.17) is 4.74 Å². The van der Waals surface area contributed by atoms with Crippen molar-refractivity contribution in [2.24, 2.45) is 0 Å². The summed E-state index contributed by atoms with van der Waals surface area (Å²) in [5.74, 6) is 0.589. The lowest BCUT2D eigenvalue weighted by molar-refractivity contribution is 0.0954. The van der Waals surface area contributed by atoms with Crippen LogP contribution in [0.3, 0.4) is 0 Å². The van der Waals surface area contributed by atoms with E-state index in [1.54, 1.807) is 11.8 Å². The number of ether oxygens (including phenoxy) is 1. The molecule has 2 aromatic heterocycles. The van der Waals surface area contributed by atoms with Crippen LogP contribution < -0.4 is 10.1 Å². The zero-order chi connectivity index (χ0) is 22.0. The molecule has 0 aliphatic carbocycles. The van der Waals surface area contributed by atoms with Gasteiger partial charge in [0.15, 0.2) is 0 Å². The van der Waals surface area contributed by atoms with E-state index in [1.165, 1.54) is 11.3 Å². The second kappa shape index (κ2) is 8.99. The van der Waals surface area contributed by atoms with Gasteiger partial charge >= 0.3 is 0 Å². The SMILES string of the molecule is COc1cccc(-n2nnc(-c3nc(C)c(C(=O)NCc4ccc(Br)cc4)s3)c2C)c1. The molecule has 0 radical (unpaired) electrons. The first-order chi connectivity index (χ1) is 15.0. The van der Waals surface area contributed by atoms with Crippen molar-refractivity contribution >= 4 is 33.2 Å². The van der Waals surface area contributed by atoms with E-state index in [2.05, 4.69) is 36.5 Å². The van der Waals surface area contributed by atoms with E-state index in [0.29, 0.717) is 27.8 Å². The Morgan fingerprint density at radius 1 is 1.19 bits per heavy atom. The molecule has 4 aromatic rings. The molecule has 4 rings (SSSR count). The first-order valence-corrected chi connectivity index (χ1v) is 11.1. The summed E-state index contributed by atoms with van der Waals surface area (Å²) in [6, 6.07) is 15.4. The summed E-state index contributed by atoms with van der Waals surface area (Å²) in [4.78, 5) is 17.9. The molecule has 1 amide bonds. The highest BCUT2D eigenvalue weighted by atomic mass is 79.9. The topological polar surface area (TPSA) is 81.9 Å².